The largest absolute Gasteiger partial charge is 0.373 e. The van der Waals surface area contributed by atoms with Crippen molar-refractivity contribution in [2.75, 3.05) is 30.0 Å². The molecule has 1 saturated heterocycles. The lowest BCUT2D eigenvalue weighted by Crippen LogP contribution is -2.27. The van der Waals surface area contributed by atoms with Gasteiger partial charge in [-0.3, -0.25) is 0 Å². The van der Waals surface area contributed by atoms with Crippen molar-refractivity contribution in [2.45, 2.75) is 31.4 Å². The second kappa shape index (κ2) is 5.12. The number of hydrogen-bond donors (Lipinski definition) is 2. The molecular weight excluding hydrogens is 232 g/mol. The van der Waals surface area contributed by atoms with E-state index in [-0.39, 0.29) is 0 Å². The van der Waals surface area contributed by atoms with E-state index in [9.17, 15) is 0 Å². The van der Waals surface area contributed by atoms with E-state index in [2.05, 4.69) is 39.3 Å². The SMILES string of the molecule is CNc1cc(NCC2(C)CCCS2)nc(C)n1. The zero-order chi connectivity index (χ0) is 12.3. The molecule has 1 unspecified atom stereocenters. The van der Waals surface area contributed by atoms with Gasteiger partial charge in [-0.25, -0.2) is 9.97 Å². The van der Waals surface area contributed by atoms with Gasteiger partial charge in [0.25, 0.3) is 0 Å². The van der Waals surface area contributed by atoms with E-state index >= 15 is 0 Å². The summed E-state index contributed by atoms with van der Waals surface area (Å²) in [6, 6.07) is 1.95. The van der Waals surface area contributed by atoms with Crippen molar-refractivity contribution in [3.8, 4) is 0 Å². The van der Waals surface area contributed by atoms with Crippen LogP contribution in [0.25, 0.3) is 0 Å². The molecule has 17 heavy (non-hydrogen) atoms. The molecule has 0 spiro atoms. The first-order valence-corrected chi connectivity index (χ1v) is 7.01. The minimum atomic E-state index is 0.360. The molecule has 94 valence electrons. The van der Waals surface area contributed by atoms with E-state index in [0.29, 0.717) is 4.75 Å². The molecule has 1 aromatic rings. The standard InChI is InChI=1S/C12H20N4S/c1-9-15-10(13-3)7-11(16-9)14-8-12(2)5-4-6-17-12/h7H,4-6,8H2,1-3H3,(H2,13,14,15,16). The summed E-state index contributed by atoms with van der Waals surface area (Å²) in [5.74, 6) is 3.85. The molecule has 1 aliphatic heterocycles. The molecule has 0 aliphatic carbocycles. The molecular formula is C12H20N4S. The van der Waals surface area contributed by atoms with Gasteiger partial charge in [-0.15, -0.1) is 0 Å². The van der Waals surface area contributed by atoms with Crippen molar-refractivity contribution in [3.63, 3.8) is 0 Å². The molecule has 0 aromatic carbocycles. The van der Waals surface area contributed by atoms with Gasteiger partial charge in [0.1, 0.15) is 17.5 Å². The highest BCUT2D eigenvalue weighted by molar-refractivity contribution is 8.00. The van der Waals surface area contributed by atoms with Crippen LogP contribution in [0.5, 0.6) is 0 Å². The van der Waals surface area contributed by atoms with Crippen LogP contribution < -0.4 is 10.6 Å². The molecule has 1 aromatic heterocycles. The predicted molar refractivity (Wildman–Crippen MR) is 74.9 cm³/mol. The number of anilines is 2. The number of nitrogens with one attached hydrogen (secondary N) is 2. The Balaban J connectivity index is 2.00. The molecule has 2 heterocycles. The van der Waals surface area contributed by atoms with Crippen LogP contribution in [0.15, 0.2) is 6.07 Å². The normalized spacial score (nSPS) is 23.7. The first-order chi connectivity index (χ1) is 8.11. The highest BCUT2D eigenvalue weighted by Crippen LogP contribution is 2.37. The maximum atomic E-state index is 4.40. The number of hydrogen-bond acceptors (Lipinski definition) is 5. The summed E-state index contributed by atoms with van der Waals surface area (Å²) in [5.41, 5.74) is 0. The van der Waals surface area contributed by atoms with Gasteiger partial charge < -0.3 is 10.6 Å². The van der Waals surface area contributed by atoms with Crippen LogP contribution in [0.4, 0.5) is 11.6 Å². The van der Waals surface area contributed by atoms with Crippen LogP contribution in [0, 0.1) is 6.92 Å². The molecule has 1 atom stereocenters. The van der Waals surface area contributed by atoms with Crippen LogP contribution in [0.3, 0.4) is 0 Å². The highest BCUT2D eigenvalue weighted by atomic mass is 32.2. The summed E-state index contributed by atoms with van der Waals surface area (Å²) >= 11 is 2.06. The van der Waals surface area contributed by atoms with Gasteiger partial charge in [-0.2, -0.15) is 11.8 Å². The molecule has 0 bridgehead atoms. The van der Waals surface area contributed by atoms with Gasteiger partial charge in [0.15, 0.2) is 0 Å². The number of aromatic nitrogens is 2. The monoisotopic (exact) mass is 252 g/mol. The van der Waals surface area contributed by atoms with Crippen LogP contribution in [-0.2, 0) is 0 Å². The van der Waals surface area contributed by atoms with Crippen LogP contribution in [-0.4, -0.2) is 34.1 Å². The maximum Gasteiger partial charge on any atom is 0.131 e. The van der Waals surface area contributed by atoms with Crippen molar-refractivity contribution in [3.05, 3.63) is 11.9 Å². The fraction of sp³-hybridized carbons (Fsp3) is 0.667. The highest BCUT2D eigenvalue weighted by Gasteiger charge is 2.29. The Morgan fingerprint density at radius 3 is 2.82 bits per heavy atom. The lowest BCUT2D eigenvalue weighted by atomic mass is 10.1. The maximum absolute atomic E-state index is 4.40. The number of aryl methyl sites for hydroxylation is 1. The third-order valence-corrected chi connectivity index (χ3v) is 4.58. The van der Waals surface area contributed by atoms with Crippen molar-refractivity contribution in [1.82, 2.24) is 9.97 Å². The lowest BCUT2D eigenvalue weighted by Gasteiger charge is -2.23. The Morgan fingerprint density at radius 1 is 1.41 bits per heavy atom. The third kappa shape index (κ3) is 3.25. The van der Waals surface area contributed by atoms with Gasteiger partial charge in [0, 0.05) is 24.4 Å². The molecule has 2 rings (SSSR count). The minimum Gasteiger partial charge on any atom is -0.373 e. The van der Waals surface area contributed by atoms with E-state index in [4.69, 9.17) is 0 Å². The molecule has 1 fully saturated rings. The third-order valence-electron chi connectivity index (χ3n) is 3.04. The van der Waals surface area contributed by atoms with Gasteiger partial charge in [-0.1, -0.05) is 0 Å². The molecule has 1 aliphatic rings. The fourth-order valence-corrected chi connectivity index (χ4v) is 3.28. The molecule has 0 saturated carbocycles. The minimum absolute atomic E-state index is 0.360. The van der Waals surface area contributed by atoms with Gasteiger partial charge in [0.05, 0.1) is 0 Å². The quantitative estimate of drug-likeness (QED) is 0.862. The van der Waals surface area contributed by atoms with E-state index in [1.54, 1.807) is 0 Å². The van der Waals surface area contributed by atoms with Gasteiger partial charge >= 0.3 is 0 Å². The van der Waals surface area contributed by atoms with Gasteiger partial charge in [0.2, 0.25) is 0 Å². The molecule has 5 heteroatoms. The molecule has 0 amide bonds. The van der Waals surface area contributed by atoms with E-state index in [0.717, 1.165) is 24.0 Å². The van der Waals surface area contributed by atoms with Gasteiger partial charge in [-0.05, 0) is 32.4 Å². The molecule has 4 nitrogen and oxygen atoms in total. The number of rotatable bonds is 4. The van der Waals surface area contributed by atoms with Crippen molar-refractivity contribution in [2.24, 2.45) is 0 Å². The first kappa shape index (κ1) is 12.5. The van der Waals surface area contributed by atoms with Crippen LogP contribution >= 0.6 is 11.8 Å². The van der Waals surface area contributed by atoms with E-state index in [1.165, 1.54) is 18.6 Å². The second-order valence-electron chi connectivity index (χ2n) is 4.69. The Hall–Kier alpha value is -0.970. The average molecular weight is 252 g/mol. The Labute approximate surface area is 107 Å². The average Bonchev–Trinajstić information content (AvgIpc) is 2.73. The Kier molecular flexibility index (Phi) is 3.76. The molecule has 0 radical (unpaired) electrons. The summed E-state index contributed by atoms with van der Waals surface area (Å²) in [6.45, 7) is 5.21. The second-order valence-corrected chi connectivity index (χ2v) is 6.37. The summed E-state index contributed by atoms with van der Waals surface area (Å²) in [7, 11) is 1.87. The fourth-order valence-electron chi connectivity index (χ4n) is 2.04. The van der Waals surface area contributed by atoms with E-state index in [1.807, 2.05) is 20.0 Å². The van der Waals surface area contributed by atoms with Crippen LogP contribution in [0.1, 0.15) is 25.6 Å². The Morgan fingerprint density at radius 2 is 2.18 bits per heavy atom. The topological polar surface area (TPSA) is 49.8 Å². The summed E-state index contributed by atoms with van der Waals surface area (Å²) in [4.78, 5) is 8.68. The van der Waals surface area contributed by atoms with Crippen molar-refractivity contribution < 1.29 is 0 Å². The smallest absolute Gasteiger partial charge is 0.131 e. The predicted octanol–water partition coefficient (Wildman–Crippen LogP) is 2.52. The summed E-state index contributed by atoms with van der Waals surface area (Å²) in [6.07, 6.45) is 2.61. The van der Waals surface area contributed by atoms with Crippen molar-refractivity contribution in [1.29, 1.82) is 0 Å². The summed E-state index contributed by atoms with van der Waals surface area (Å²) < 4.78 is 0.360. The number of nitrogens with zero attached hydrogens (tertiary/aromatic N) is 2. The summed E-state index contributed by atoms with van der Waals surface area (Å²) in [5, 5.41) is 6.48. The first-order valence-electron chi connectivity index (χ1n) is 6.03. The van der Waals surface area contributed by atoms with Crippen molar-refractivity contribution >= 4 is 23.4 Å². The zero-order valence-electron chi connectivity index (χ0n) is 10.7. The zero-order valence-corrected chi connectivity index (χ0v) is 11.5. The van der Waals surface area contributed by atoms with Crippen LogP contribution in [0.2, 0.25) is 0 Å². The number of thioether (sulfide) groups is 1. The molecule has 2 N–H and O–H groups in total. The lowest BCUT2D eigenvalue weighted by molar-refractivity contribution is 0.633. The van der Waals surface area contributed by atoms with E-state index < -0.39 is 0 Å². The Bertz CT molecular complexity index is 388.